The quantitative estimate of drug-likeness (QED) is 0.661. The highest BCUT2D eigenvalue weighted by Gasteiger charge is 2.23. The molecule has 0 aliphatic carbocycles. The highest BCUT2D eigenvalue weighted by Crippen LogP contribution is 2.30. The van der Waals surface area contributed by atoms with E-state index >= 15 is 0 Å². The second-order valence-electron chi connectivity index (χ2n) is 3.13. The molecule has 66 valence electrons. The van der Waals surface area contributed by atoms with Crippen molar-refractivity contribution in [3.05, 3.63) is 0 Å². The summed E-state index contributed by atoms with van der Waals surface area (Å²) < 4.78 is 0. The van der Waals surface area contributed by atoms with Crippen LogP contribution in [0.3, 0.4) is 0 Å². The minimum absolute atomic E-state index is 0.295. The van der Waals surface area contributed by atoms with Crippen molar-refractivity contribution >= 4 is 11.8 Å². The van der Waals surface area contributed by atoms with Gasteiger partial charge >= 0.3 is 0 Å². The van der Waals surface area contributed by atoms with Gasteiger partial charge in [-0.1, -0.05) is 0 Å². The van der Waals surface area contributed by atoms with Crippen molar-refractivity contribution in [2.24, 2.45) is 17.6 Å². The fourth-order valence-corrected chi connectivity index (χ4v) is 3.01. The van der Waals surface area contributed by atoms with Crippen molar-refractivity contribution in [1.82, 2.24) is 0 Å². The second-order valence-corrected chi connectivity index (χ2v) is 4.28. The number of aliphatic hydroxyl groups excluding tert-OH is 1. The van der Waals surface area contributed by atoms with Crippen LogP contribution in [-0.4, -0.2) is 29.8 Å². The van der Waals surface area contributed by atoms with Gasteiger partial charge in [0.25, 0.3) is 0 Å². The fraction of sp³-hybridized carbons (Fsp3) is 1.00. The van der Waals surface area contributed by atoms with Crippen LogP contribution in [0.1, 0.15) is 12.8 Å². The predicted molar refractivity (Wildman–Crippen MR) is 49.7 cm³/mol. The van der Waals surface area contributed by atoms with E-state index in [1.54, 1.807) is 0 Å². The van der Waals surface area contributed by atoms with Crippen molar-refractivity contribution in [2.75, 3.05) is 24.7 Å². The Balaban J connectivity index is 2.27. The van der Waals surface area contributed by atoms with Crippen molar-refractivity contribution in [3.63, 3.8) is 0 Å². The van der Waals surface area contributed by atoms with E-state index in [1.165, 1.54) is 17.9 Å². The van der Waals surface area contributed by atoms with Gasteiger partial charge < -0.3 is 10.8 Å². The van der Waals surface area contributed by atoms with E-state index in [0.29, 0.717) is 12.5 Å². The standard InChI is InChI=1S/C8H17NOS/c9-5-7(1-3-10)8-2-4-11-6-8/h7-8,10H,1-6,9H2. The van der Waals surface area contributed by atoms with E-state index < -0.39 is 0 Å². The molecule has 0 amide bonds. The van der Waals surface area contributed by atoms with Gasteiger partial charge in [-0.05, 0) is 42.7 Å². The first kappa shape index (κ1) is 9.36. The summed E-state index contributed by atoms with van der Waals surface area (Å²) in [7, 11) is 0. The van der Waals surface area contributed by atoms with Gasteiger partial charge in [0.05, 0.1) is 0 Å². The molecule has 1 rings (SSSR count). The lowest BCUT2D eigenvalue weighted by molar-refractivity contribution is 0.230. The SMILES string of the molecule is NCC(CCO)C1CCSC1. The van der Waals surface area contributed by atoms with Gasteiger partial charge in [0.1, 0.15) is 0 Å². The highest BCUT2D eigenvalue weighted by atomic mass is 32.2. The van der Waals surface area contributed by atoms with E-state index in [0.717, 1.165) is 18.9 Å². The normalized spacial score (nSPS) is 27.3. The maximum Gasteiger partial charge on any atom is 0.0434 e. The Bertz CT molecular complexity index is 104. The summed E-state index contributed by atoms with van der Waals surface area (Å²) in [5.41, 5.74) is 5.62. The maximum absolute atomic E-state index is 8.77. The zero-order valence-corrected chi connectivity index (χ0v) is 7.65. The lowest BCUT2D eigenvalue weighted by Gasteiger charge is -2.19. The third kappa shape index (κ3) is 2.65. The summed E-state index contributed by atoms with van der Waals surface area (Å²) >= 11 is 2.01. The smallest absolute Gasteiger partial charge is 0.0434 e. The first-order valence-electron chi connectivity index (χ1n) is 4.27. The molecule has 0 saturated carbocycles. The van der Waals surface area contributed by atoms with E-state index in [4.69, 9.17) is 10.8 Å². The van der Waals surface area contributed by atoms with Gasteiger partial charge in [-0.2, -0.15) is 11.8 Å². The van der Waals surface area contributed by atoms with Gasteiger partial charge in [-0.3, -0.25) is 0 Å². The number of hydrogen-bond acceptors (Lipinski definition) is 3. The van der Waals surface area contributed by atoms with Gasteiger partial charge in [-0.15, -0.1) is 0 Å². The van der Waals surface area contributed by atoms with Crippen molar-refractivity contribution in [1.29, 1.82) is 0 Å². The Kier molecular flexibility index (Phi) is 4.26. The fourth-order valence-electron chi connectivity index (χ4n) is 1.64. The zero-order valence-electron chi connectivity index (χ0n) is 6.83. The van der Waals surface area contributed by atoms with E-state index in [-0.39, 0.29) is 0 Å². The van der Waals surface area contributed by atoms with Crippen molar-refractivity contribution in [3.8, 4) is 0 Å². The molecule has 2 nitrogen and oxygen atoms in total. The summed E-state index contributed by atoms with van der Waals surface area (Å²) in [5.74, 6) is 3.88. The van der Waals surface area contributed by atoms with Crippen LogP contribution in [0, 0.1) is 11.8 Å². The molecule has 0 aromatic rings. The molecule has 2 unspecified atom stereocenters. The topological polar surface area (TPSA) is 46.2 Å². The molecule has 1 aliphatic rings. The molecule has 0 spiro atoms. The average molecular weight is 175 g/mol. The number of nitrogens with two attached hydrogens (primary N) is 1. The second kappa shape index (κ2) is 5.01. The van der Waals surface area contributed by atoms with Gasteiger partial charge in [0, 0.05) is 6.61 Å². The van der Waals surface area contributed by atoms with Crippen LogP contribution in [-0.2, 0) is 0 Å². The summed E-state index contributed by atoms with van der Waals surface area (Å²) in [6, 6.07) is 0. The predicted octanol–water partition coefficient (Wildman–Crippen LogP) is 0.697. The molecule has 1 saturated heterocycles. The summed E-state index contributed by atoms with van der Waals surface area (Å²) in [4.78, 5) is 0. The Morgan fingerprint density at radius 3 is 2.91 bits per heavy atom. The molecule has 0 bridgehead atoms. The molecule has 1 heterocycles. The maximum atomic E-state index is 8.77. The largest absolute Gasteiger partial charge is 0.396 e. The minimum atomic E-state index is 0.295. The van der Waals surface area contributed by atoms with Crippen LogP contribution in [0.4, 0.5) is 0 Å². The highest BCUT2D eigenvalue weighted by molar-refractivity contribution is 7.99. The molecular weight excluding hydrogens is 158 g/mol. The van der Waals surface area contributed by atoms with Gasteiger partial charge in [0.2, 0.25) is 0 Å². The van der Waals surface area contributed by atoms with E-state index in [1.807, 2.05) is 11.8 Å². The van der Waals surface area contributed by atoms with Crippen molar-refractivity contribution < 1.29 is 5.11 Å². The number of aliphatic hydroxyl groups is 1. The Labute approximate surface area is 72.5 Å². The monoisotopic (exact) mass is 175 g/mol. The molecule has 0 radical (unpaired) electrons. The molecular formula is C8H17NOS. The lowest BCUT2D eigenvalue weighted by Crippen LogP contribution is -2.24. The summed E-state index contributed by atoms with van der Waals surface area (Å²) in [6.45, 7) is 1.04. The van der Waals surface area contributed by atoms with Crippen LogP contribution >= 0.6 is 11.8 Å². The Morgan fingerprint density at radius 2 is 2.45 bits per heavy atom. The zero-order chi connectivity index (χ0) is 8.10. The molecule has 0 aromatic carbocycles. The van der Waals surface area contributed by atoms with Crippen LogP contribution in [0.15, 0.2) is 0 Å². The van der Waals surface area contributed by atoms with Crippen molar-refractivity contribution in [2.45, 2.75) is 12.8 Å². The van der Waals surface area contributed by atoms with Crippen LogP contribution in [0.5, 0.6) is 0 Å². The van der Waals surface area contributed by atoms with Gasteiger partial charge in [0.15, 0.2) is 0 Å². The minimum Gasteiger partial charge on any atom is -0.396 e. The van der Waals surface area contributed by atoms with E-state index in [2.05, 4.69) is 0 Å². The number of hydrogen-bond donors (Lipinski definition) is 2. The molecule has 11 heavy (non-hydrogen) atoms. The van der Waals surface area contributed by atoms with Crippen LogP contribution in [0.25, 0.3) is 0 Å². The van der Waals surface area contributed by atoms with E-state index in [9.17, 15) is 0 Å². The van der Waals surface area contributed by atoms with Crippen LogP contribution < -0.4 is 5.73 Å². The van der Waals surface area contributed by atoms with Crippen LogP contribution in [0.2, 0.25) is 0 Å². The average Bonchev–Trinajstić information content (AvgIpc) is 2.52. The Hall–Kier alpha value is 0.270. The molecule has 0 aromatic heterocycles. The van der Waals surface area contributed by atoms with Gasteiger partial charge in [-0.25, -0.2) is 0 Å². The molecule has 1 fully saturated rings. The summed E-state index contributed by atoms with van der Waals surface area (Å²) in [5, 5.41) is 8.77. The first-order chi connectivity index (χ1) is 5.38. The number of rotatable bonds is 4. The lowest BCUT2D eigenvalue weighted by atomic mass is 9.89. The molecule has 2 atom stereocenters. The molecule has 3 N–H and O–H groups in total. The third-order valence-electron chi connectivity index (χ3n) is 2.43. The summed E-state index contributed by atoms with van der Waals surface area (Å²) in [6.07, 6.45) is 2.19. The number of thioether (sulfide) groups is 1. The molecule has 1 aliphatic heterocycles. The first-order valence-corrected chi connectivity index (χ1v) is 5.42. The molecule has 3 heteroatoms. The third-order valence-corrected chi connectivity index (χ3v) is 3.62. The Morgan fingerprint density at radius 1 is 1.64 bits per heavy atom.